The summed E-state index contributed by atoms with van der Waals surface area (Å²) in [5, 5.41) is 10.7. The summed E-state index contributed by atoms with van der Waals surface area (Å²) in [6, 6.07) is 18.8. The summed E-state index contributed by atoms with van der Waals surface area (Å²) in [5.41, 5.74) is 3.16. The second-order valence-electron chi connectivity index (χ2n) is 5.93. The van der Waals surface area contributed by atoms with E-state index in [1.807, 2.05) is 54.6 Å². The van der Waals surface area contributed by atoms with Gasteiger partial charge in [-0.15, -0.1) is 0 Å². The van der Waals surface area contributed by atoms with Gasteiger partial charge in [-0.1, -0.05) is 48.5 Å². The first-order chi connectivity index (χ1) is 12.7. The summed E-state index contributed by atoms with van der Waals surface area (Å²) in [7, 11) is 1.49. The number of carbonyl (C=O) groups excluding carboxylic acids is 1. The zero-order chi connectivity index (χ0) is 18.5. The minimum absolute atomic E-state index is 0.0645. The lowest BCUT2D eigenvalue weighted by molar-refractivity contribution is 0.112. The van der Waals surface area contributed by atoms with Crippen molar-refractivity contribution in [2.45, 2.75) is 13.5 Å². The van der Waals surface area contributed by atoms with Crippen LogP contribution in [0.3, 0.4) is 0 Å². The van der Waals surface area contributed by atoms with E-state index in [9.17, 15) is 9.90 Å². The number of hydrogen-bond donors (Lipinski definition) is 1. The Labute approximate surface area is 152 Å². The quantitative estimate of drug-likeness (QED) is 0.652. The van der Waals surface area contributed by atoms with Gasteiger partial charge in [0.25, 0.3) is 0 Å². The van der Waals surface area contributed by atoms with E-state index < -0.39 is 0 Å². The standard InChI is InChI=1S/C22H20O4/c1-15-12-17(13-23)20(21(24)22(15)25-2)18-10-6-7-11-19(18)26-14-16-8-4-3-5-9-16/h3-13,24H,14H2,1-2H3. The average molecular weight is 348 g/mol. The maximum atomic E-state index is 11.6. The molecule has 0 aliphatic heterocycles. The molecule has 132 valence electrons. The van der Waals surface area contributed by atoms with Crippen LogP contribution in [0.25, 0.3) is 11.1 Å². The molecule has 0 spiro atoms. The maximum Gasteiger partial charge on any atom is 0.166 e. The van der Waals surface area contributed by atoms with Crippen LogP contribution in [0.2, 0.25) is 0 Å². The average Bonchev–Trinajstić information content (AvgIpc) is 2.67. The number of rotatable bonds is 6. The van der Waals surface area contributed by atoms with Crippen LogP contribution in [0.5, 0.6) is 17.2 Å². The number of aldehydes is 1. The van der Waals surface area contributed by atoms with Gasteiger partial charge in [0.15, 0.2) is 17.8 Å². The molecule has 1 N–H and O–H groups in total. The maximum absolute atomic E-state index is 11.6. The monoisotopic (exact) mass is 348 g/mol. The number of para-hydroxylation sites is 1. The highest BCUT2D eigenvalue weighted by Crippen LogP contribution is 2.44. The molecule has 0 bridgehead atoms. The molecule has 4 nitrogen and oxygen atoms in total. The third kappa shape index (κ3) is 3.40. The van der Waals surface area contributed by atoms with Gasteiger partial charge < -0.3 is 14.6 Å². The van der Waals surface area contributed by atoms with Crippen molar-refractivity contribution in [1.82, 2.24) is 0 Å². The van der Waals surface area contributed by atoms with E-state index in [4.69, 9.17) is 9.47 Å². The van der Waals surface area contributed by atoms with Crippen molar-refractivity contribution >= 4 is 6.29 Å². The molecule has 0 atom stereocenters. The SMILES string of the molecule is COc1c(C)cc(C=O)c(-c2ccccc2OCc2ccccc2)c1O. The Kier molecular flexibility index (Phi) is 5.23. The number of phenols is 1. The van der Waals surface area contributed by atoms with E-state index in [1.54, 1.807) is 13.0 Å². The number of ether oxygens (including phenoxy) is 2. The Bertz CT molecular complexity index is 917. The molecule has 0 aromatic heterocycles. The van der Waals surface area contributed by atoms with Crippen LogP contribution in [0.1, 0.15) is 21.5 Å². The van der Waals surface area contributed by atoms with Gasteiger partial charge in [0.2, 0.25) is 0 Å². The molecule has 0 saturated carbocycles. The smallest absolute Gasteiger partial charge is 0.166 e. The molecule has 0 radical (unpaired) electrons. The third-order valence-electron chi connectivity index (χ3n) is 4.20. The Balaban J connectivity index is 2.06. The lowest BCUT2D eigenvalue weighted by Crippen LogP contribution is -2.00. The molecule has 4 heteroatoms. The fourth-order valence-electron chi connectivity index (χ4n) is 2.98. The Morgan fingerprint density at radius 3 is 2.42 bits per heavy atom. The third-order valence-corrected chi connectivity index (χ3v) is 4.20. The number of benzene rings is 3. The van der Waals surface area contributed by atoms with Gasteiger partial charge in [-0.2, -0.15) is 0 Å². The van der Waals surface area contributed by atoms with Crippen molar-refractivity contribution in [1.29, 1.82) is 0 Å². The topological polar surface area (TPSA) is 55.8 Å². The molecule has 0 heterocycles. The van der Waals surface area contributed by atoms with Crippen LogP contribution in [0.4, 0.5) is 0 Å². The molecule has 0 unspecified atom stereocenters. The number of hydrogen-bond acceptors (Lipinski definition) is 4. The molecule has 0 fully saturated rings. The Morgan fingerprint density at radius 1 is 1.04 bits per heavy atom. The molecule has 0 aliphatic carbocycles. The first-order valence-corrected chi connectivity index (χ1v) is 8.27. The fourth-order valence-corrected chi connectivity index (χ4v) is 2.98. The second-order valence-corrected chi connectivity index (χ2v) is 5.93. The lowest BCUT2D eigenvalue weighted by atomic mass is 9.95. The molecule has 0 aliphatic rings. The van der Waals surface area contributed by atoms with Gasteiger partial charge in [-0.3, -0.25) is 4.79 Å². The van der Waals surface area contributed by atoms with Crippen molar-refractivity contribution in [3.63, 3.8) is 0 Å². The van der Waals surface area contributed by atoms with E-state index in [-0.39, 0.29) is 5.75 Å². The summed E-state index contributed by atoms with van der Waals surface area (Å²) in [6.45, 7) is 2.17. The summed E-state index contributed by atoms with van der Waals surface area (Å²) >= 11 is 0. The highest BCUT2D eigenvalue weighted by Gasteiger charge is 2.20. The highest BCUT2D eigenvalue weighted by molar-refractivity contribution is 5.94. The zero-order valence-corrected chi connectivity index (χ0v) is 14.7. The van der Waals surface area contributed by atoms with Crippen LogP contribution in [0.15, 0.2) is 60.7 Å². The summed E-state index contributed by atoms with van der Waals surface area (Å²) < 4.78 is 11.3. The van der Waals surface area contributed by atoms with Crippen molar-refractivity contribution in [2.24, 2.45) is 0 Å². The highest BCUT2D eigenvalue weighted by atomic mass is 16.5. The predicted octanol–water partition coefficient (Wildman–Crippen LogP) is 4.77. The van der Waals surface area contributed by atoms with Crippen LogP contribution in [-0.2, 0) is 6.61 Å². The predicted molar refractivity (Wildman–Crippen MR) is 101 cm³/mol. The number of methoxy groups -OCH3 is 1. The van der Waals surface area contributed by atoms with E-state index >= 15 is 0 Å². The van der Waals surface area contributed by atoms with Gasteiger partial charge in [0, 0.05) is 16.7 Å². The molecular weight excluding hydrogens is 328 g/mol. The largest absolute Gasteiger partial charge is 0.504 e. The van der Waals surface area contributed by atoms with E-state index in [0.717, 1.165) is 11.8 Å². The van der Waals surface area contributed by atoms with E-state index in [0.29, 0.717) is 40.4 Å². The molecule has 3 aromatic rings. The van der Waals surface area contributed by atoms with Gasteiger partial charge in [-0.25, -0.2) is 0 Å². The lowest BCUT2D eigenvalue weighted by Gasteiger charge is -2.17. The van der Waals surface area contributed by atoms with Crippen LogP contribution in [0, 0.1) is 6.92 Å². The van der Waals surface area contributed by atoms with Gasteiger partial charge >= 0.3 is 0 Å². The molecule has 0 saturated heterocycles. The number of aryl methyl sites for hydroxylation is 1. The van der Waals surface area contributed by atoms with E-state index in [1.165, 1.54) is 7.11 Å². The molecular formula is C22H20O4. The molecule has 3 rings (SSSR count). The van der Waals surface area contributed by atoms with Crippen LogP contribution >= 0.6 is 0 Å². The number of phenolic OH excluding ortho intramolecular Hbond substituents is 1. The molecule has 3 aromatic carbocycles. The minimum atomic E-state index is -0.0645. The normalized spacial score (nSPS) is 10.4. The van der Waals surface area contributed by atoms with Gasteiger partial charge in [-0.05, 0) is 30.2 Å². The van der Waals surface area contributed by atoms with Crippen LogP contribution in [-0.4, -0.2) is 18.5 Å². The van der Waals surface area contributed by atoms with Crippen molar-refractivity contribution in [3.05, 3.63) is 77.4 Å². The summed E-state index contributed by atoms with van der Waals surface area (Å²) in [6.07, 6.45) is 0.732. The van der Waals surface area contributed by atoms with Gasteiger partial charge in [0.05, 0.1) is 7.11 Å². The second kappa shape index (κ2) is 7.74. The number of carbonyl (C=O) groups is 1. The Hall–Kier alpha value is -3.27. The number of aromatic hydroxyl groups is 1. The first-order valence-electron chi connectivity index (χ1n) is 8.27. The minimum Gasteiger partial charge on any atom is -0.504 e. The first kappa shape index (κ1) is 17.5. The van der Waals surface area contributed by atoms with Crippen molar-refractivity contribution < 1.29 is 19.4 Å². The zero-order valence-electron chi connectivity index (χ0n) is 14.7. The van der Waals surface area contributed by atoms with Gasteiger partial charge in [0.1, 0.15) is 12.4 Å². The van der Waals surface area contributed by atoms with Crippen molar-refractivity contribution in [3.8, 4) is 28.4 Å². The van der Waals surface area contributed by atoms with E-state index in [2.05, 4.69) is 0 Å². The molecule has 0 amide bonds. The summed E-state index contributed by atoms with van der Waals surface area (Å²) in [4.78, 5) is 11.6. The van der Waals surface area contributed by atoms with Crippen molar-refractivity contribution in [2.75, 3.05) is 7.11 Å². The molecule has 26 heavy (non-hydrogen) atoms. The Morgan fingerprint density at radius 2 is 1.73 bits per heavy atom. The fraction of sp³-hybridized carbons (Fsp3) is 0.136. The summed E-state index contributed by atoms with van der Waals surface area (Å²) in [5.74, 6) is 0.870. The van der Waals surface area contributed by atoms with Crippen LogP contribution < -0.4 is 9.47 Å².